The average molecular weight is 419 g/mol. The van der Waals surface area contributed by atoms with Crippen LogP contribution in [0.3, 0.4) is 0 Å². The zero-order valence-electron chi connectivity index (χ0n) is 15.3. The van der Waals surface area contributed by atoms with Gasteiger partial charge in [0.15, 0.2) is 0 Å². The summed E-state index contributed by atoms with van der Waals surface area (Å²) in [5.41, 5.74) is 1.65. The first-order chi connectivity index (χ1) is 14.2. The lowest BCUT2D eigenvalue weighted by atomic mass is 10.2. The lowest BCUT2D eigenvalue weighted by Crippen LogP contribution is -2.20. The quantitative estimate of drug-likeness (QED) is 0.536. The molecule has 0 aliphatic heterocycles. The van der Waals surface area contributed by atoms with Gasteiger partial charge in [0.1, 0.15) is 11.4 Å². The first-order valence-corrected chi connectivity index (χ1v) is 8.61. The van der Waals surface area contributed by atoms with Gasteiger partial charge in [-0.25, -0.2) is 9.59 Å². The number of carbonyl (C=O) groups excluding carboxylic acids is 1. The summed E-state index contributed by atoms with van der Waals surface area (Å²) in [7, 11) is 0. The lowest BCUT2D eigenvalue weighted by Gasteiger charge is -2.11. The van der Waals surface area contributed by atoms with Crippen LogP contribution in [0, 0.1) is 0 Å². The molecule has 0 aliphatic rings. The number of amides is 2. The highest BCUT2D eigenvalue weighted by atomic mass is 19.4. The summed E-state index contributed by atoms with van der Waals surface area (Å²) in [4.78, 5) is 23.3. The minimum Gasteiger partial charge on any atom is -0.477 e. The number of carbonyl (C=O) groups is 2. The van der Waals surface area contributed by atoms with E-state index in [1.54, 1.807) is 41.1 Å². The molecule has 0 atom stereocenters. The van der Waals surface area contributed by atoms with Gasteiger partial charge in [-0.2, -0.15) is 0 Å². The minimum atomic E-state index is -4.79. The lowest BCUT2D eigenvalue weighted by molar-refractivity contribution is -0.274. The predicted octanol–water partition coefficient (Wildman–Crippen LogP) is 4.78. The predicted molar refractivity (Wildman–Crippen MR) is 103 cm³/mol. The highest BCUT2D eigenvalue weighted by molar-refractivity contribution is 5.99. The van der Waals surface area contributed by atoms with Crippen molar-refractivity contribution in [3.63, 3.8) is 0 Å². The zero-order chi connectivity index (χ0) is 21.7. The topological polar surface area (TPSA) is 92.6 Å². The molecule has 0 aliphatic carbocycles. The van der Waals surface area contributed by atoms with E-state index in [-0.39, 0.29) is 11.4 Å². The molecule has 0 fully saturated rings. The zero-order valence-corrected chi connectivity index (χ0v) is 15.3. The highest BCUT2D eigenvalue weighted by Crippen LogP contribution is 2.24. The Balaban J connectivity index is 1.61. The number of aromatic nitrogens is 1. The van der Waals surface area contributed by atoms with E-state index < -0.39 is 24.1 Å². The van der Waals surface area contributed by atoms with Crippen LogP contribution in [0.4, 0.5) is 29.3 Å². The molecule has 7 nitrogen and oxygen atoms in total. The average Bonchev–Trinajstić information content (AvgIpc) is 3.11. The van der Waals surface area contributed by atoms with Crippen LogP contribution in [-0.4, -0.2) is 28.0 Å². The van der Waals surface area contributed by atoms with Crippen molar-refractivity contribution >= 4 is 23.4 Å². The number of carboxylic acid groups (broad SMARTS) is 1. The Morgan fingerprint density at radius 1 is 0.967 bits per heavy atom. The minimum absolute atomic E-state index is 0.143. The molecule has 2 amide bonds. The van der Waals surface area contributed by atoms with Gasteiger partial charge in [0.05, 0.1) is 0 Å². The number of rotatable bonds is 6. The van der Waals surface area contributed by atoms with Crippen molar-refractivity contribution in [1.29, 1.82) is 0 Å². The third-order valence-corrected chi connectivity index (χ3v) is 3.93. The number of benzene rings is 2. The summed E-state index contributed by atoms with van der Waals surface area (Å²) in [5.74, 6) is -1.44. The summed E-state index contributed by atoms with van der Waals surface area (Å²) in [6, 6.07) is 14.1. The molecule has 0 spiro atoms. The normalized spacial score (nSPS) is 11.0. The molecule has 1 aromatic heterocycles. The number of anilines is 2. The summed E-state index contributed by atoms with van der Waals surface area (Å²) in [5, 5.41) is 14.3. The molecule has 156 valence electrons. The van der Waals surface area contributed by atoms with Crippen molar-refractivity contribution in [2.75, 3.05) is 10.6 Å². The maximum absolute atomic E-state index is 12.2. The molecule has 0 saturated carbocycles. The molecule has 2 aromatic carbocycles. The van der Waals surface area contributed by atoms with E-state index in [4.69, 9.17) is 5.11 Å². The summed E-state index contributed by atoms with van der Waals surface area (Å²) >= 11 is 0. The van der Waals surface area contributed by atoms with E-state index in [1.165, 1.54) is 18.2 Å². The molecule has 0 radical (unpaired) electrons. The standard InChI is InChI=1S/C20H16F3N3O4/c21-20(22,23)30-16-8-6-14(7-9-16)24-19(29)25-15-4-1-3-13(11-15)12-26-10-2-5-17(26)18(27)28/h1-11H,12H2,(H,27,28)(H2,24,25,29). The van der Waals surface area contributed by atoms with Crippen LogP contribution in [0.15, 0.2) is 66.9 Å². The number of hydrogen-bond donors (Lipinski definition) is 3. The van der Waals surface area contributed by atoms with Gasteiger partial charge >= 0.3 is 18.4 Å². The van der Waals surface area contributed by atoms with Crippen molar-refractivity contribution in [2.24, 2.45) is 0 Å². The molecule has 3 aromatic rings. The fourth-order valence-electron chi connectivity index (χ4n) is 2.72. The number of hydrogen-bond acceptors (Lipinski definition) is 3. The Bertz CT molecular complexity index is 1050. The molecule has 10 heteroatoms. The molecule has 0 unspecified atom stereocenters. The Morgan fingerprint density at radius 2 is 1.67 bits per heavy atom. The Kier molecular flexibility index (Phi) is 5.95. The Hall–Kier alpha value is -3.95. The van der Waals surface area contributed by atoms with Crippen LogP contribution in [0.1, 0.15) is 16.1 Å². The summed E-state index contributed by atoms with van der Waals surface area (Å²) in [6.45, 7) is 0.298. The van der Waals surface area contributed by atoms with Gasteiger partial charge in [0.25, 0.3) is 0 Å². The molecule has 3 N–H and O–H groups in total. The number of nitrogens with zero attached hydrogens (tertiary/aromatic N) is 1. The van der Waals surface area contributed by atoms with Gasteiger partial charge in [-0.1, -0.05) is 12.1 Å². The maximum atomic E-state index is 12.2. The van der Waals surface area contributed by atoms with E-state index in [0.29, 0.717) is 12.2 Å². The number of alkyl halides is 3. The van der Waals surface area contributed by atoms with Crippen LogP contribution in [0.25, 0.3) is 0 Å². The van der Waals surface area contributed by atoms with Gasteiger partial charge in [-0.15, -0.1) is 13.2 Å². The van der Waals surface area contributed by atoms with Crippen molar-refractivity contribution in [3.8, 4) is 5.75 Å². The van der Waals surface area contributed by atoms with Crippen molar-refractivity contribution in [2.45, 2.75) is 12.9 Å². The second-order valence-corrected chi connectivity index (χ2v) is 6.18. The smallest absolute Gasteiger partial charge is 0.477 e. The summed E-state index contributed by atoms with van der Waals surface area (Å²) < 4.78 is 41.9. The number of aromatic carboxylic acids is 1. The first kappa shape index (κ1) is 20.8. The number of halogens is 3. The maximum Gasteiger partial charge on any atom is 0.573 e. The van der Waals surface area contributed by atoms with E-state index in [1.807, 2.05) is 0 Å². The van der Waals surface area contributed by atoms with Crippen LogP contribution in [-0.2, 0) is 6.54 Å². The van der Waals surface area contributed by atoms with Crippen LogP contribution in [0.5, 0.6) is 5.75 Å². The largest absolute Gasteiger partial charge is 0.573 e. The molecule has 0 bridgehead atoms. The fraction of sp³-hybridized carbons (Fsp3) is 0.100. The van der Waals surface area contributed by atoms with Crippen LogP contribution in [0.2, 0.25) is 0 Å². The number of nitrogens with one attached hydrogen (secondary N) is 2. The fourth-order valence-corrected chi connectivity index (χ4v) is 2.72. The van der Waals surface area contributed by atoms with Gasteiger partial charge in [-0.3, -0.25) is 0 Å². The SMILES string of the molecule is O=C(Nc1ccc(OC(F)(F)F)cc1)Nc1cccc(Cn2cccc2C(=O)O)c1. The molecule has 1 heterocycles. The van der Waals surface area contributed by atoms with Crippen molar-refractivity contribution < 1.29 is 32.6 Å². The van der Waals surface area contributed by atoms with Gasteiger partial charge < -0.3 is 25.0 Å². The Labute approximate surface area is 168 Å². The molecular formula is C20H16F3N3O4. The first-order valence-electron chi connectivity index (χ1n) is 8.61. The highest BCUT2D eigenvalue weighted by Gasteiger charge is 2.30. The van der Waals surface area contributed by atoms with Crippen molar-refractivity contribution in [3.05, 3.63) is 78.1 Å². The van der Waals surface area contributed by atoms with E-state index in [9.17, 15) is 22.8 Å². The molecule has 3 rings (SSSR count). The number of urea groups is 1. The van der Waals surface area contributed by atoms with Gasteiger partial charge in [-0.05, 0) is 54.1 Å². The molecule has 0 saturated heterocycles. The second-order valence-electron chi connectivity index (χ2n) is 6.18. The Morgan fingerprint density at radius 3 is 2.33 bits per heavy atom. The number of carboxylic acids is 1. The van der Waals surface area contributed by atoms with Gasteiger partial charge in [0.2, 0.25) is 0 Å². The van der Waals surface area contributed by atoms with Crippen LogP contribution >= 0.6 is 0 Å². The van der Waals surface area contributed by atoms with Crippen molar-refractivity contribution in [1.82, 2.24) is 4.57 Å². The summed E-state index contributed by atoms with van der Waals surface area (Å²) in [6.07, 6.45) is -3.15. The third-order valence-electron chi connectivity index (χ3n) is 3.93. The second kappa shape index (κ2) is 8.60. The van der Waals surface area contributed by atoms with Gasteiger partial charge in [0, 0.05) is 24.1 Å². The molecule has 30 heavy (non-hydrogen) atoms. The monoisotopic (exact) mass is 419 g/mol. The van der Waals surface area contributed by atoms with E-state index in [2.05, 4.69) is 15.4 Å². The van der Waals surface area contributed by atoms with Crippen LogP contribution < -0.4 is 15.4 Å². The third kappa shape index (κ3) is 5.77. The molecular weight excluding hydrogens is 403 g/mol. The van der Waals surface area contributed by atoms with E-state index >= 15 is 0 Å². The van der Waals surface area contributed by atoms with E-state index in [0.717, 1.165) is 17.7 Å². The number of ether oxygens (including phenoxy) is 1.